The molecule has 0 amide bonds. The Hall–Kier alpha value is -0.553. The van der Waals surface area contributed by atoms with Crippen molar-refractivity contribution in [2.24, 2.45) is 5.73 Å². The molecular weight excluding hydrogens is 270 g/mol. The Balaban J connectivity index is 2.21. The molecule has 0 saturated carbocycles. The van der Waals surface area contributed by atoms with Crippen LogP contribution in [-0.4, -0.2) is 72.2 Å². The van der Waals surface area contributed by atoms with Gasteiger partial charge in [0, 0.05) is 39.9 Å². The van der Waals surface area contributed by atoms with Gasteiger partial charge in [0.25, 0.3) is 0 Å². The molecule has 8 nitrogen and oxygen atoms in total. The maximum atomic E-state index is 12.1. The van der Waals surface area contributed by atoms with E-state index in [1.165, 1.54) is 14.2 Å². The molecule has 2 atom stereocenters. The first kappa shape index (κ1) is 14.8. The van der Waals surface area contributed by atoms with Gasteiger partial charge in [-0.05, 0) is 6.42 Å². The number of rotatable bonds is 5. The van der Waals surface area contributed by atoms with Crippen molar-refractivity contribution in [3.05, 3.63) is 0 Å². The van der Waals surface area contributed by atoms with Crippen molar-refractivity contribution < 1.29 is 22.8 Å². The molecule has 2 saturated heterocycles. The molecule has 0 aliphatic carbocycles. The fourth-order valence-corrected chi connectivity index (χ4v) is 4.91. The smallest absolute Gasteiger partial charge is 0.438 e. The molecule has 0 bridgehead atoms. The Labute approximate surface area is 113 Å². The van der Waals surface area contributed by atoms with Crippen molar-refractivity contribution in [1.82, 2.24) is 9.88 Å². The van der Waals surface area contributed by atoms with Crippen LogP contribution in [0.15, 0.2) is 0 Å². The molecule has 2 unspecified atom stereocenters. The fraction of sp³-hybridized carbons (Fsp3) is 0.900. The molecule has 0 spiro atoms. The molecule has 3 N–H and O–H groups in total. The Morgan fingerprint density at radius 3 is 2.89 bits per heavy atom. The number of hydrogen-bond donors (Lipinski definition) is 2. The van der Waals surface area contributed by atoms with Gasteiger partial charge >= 0.3 is 14.9 Å². The van der Waals surface area contributed by atoms with Crippen molar-refractivity contribution >= 4 is 14.9 Å². The summed E-state index contributed by atoms with van der Waals surface area (Å²) in [6.45, 7) is 1.70. The van der Waals surface area contributed by atoms with Crippen LogP contribution in [0.5, 0.6) is 0 Å². The maximum Gasteiger partial charge on any atom is 0.602 e. The molecule has 2 aliphatic heterocycles. The second-order valence-electron chi connectivity index (χ2n) is 4.43. The number of nitrogens with one attached hydrogen (secondary N) is 1. The number of fused-ring (bicyclic) bond motifs is 1. The lowest BCUT2D eigenvalue weighted by Gasteiger charge is -2.33. The zero-order chi connectivity index (χ0) is 13.9. The monoisotopic (exact) mass is 291 g/mol. The molecule has 2 aliphatic rings. The molecule has 0 aromatic rings. The molecular formula is C10H21N3O5Si. The molecule has 2 rings (SSSR count). The van der Waals surface area contributed by atoms with Crippen molar-refractivity contribution in [3.8, 4) is 0 Å². The number of ether oxygens (including phenoxy) is 1. The standard InChI is InChI=1S/C10H21N3O5Si/c1-15-19(16-2)13-6-3-8(12-5-4-11)9(13)10(14)17-7-18-19/h8-9,12H,3-7,11H2,1-2H3. The third kappa shape index (κ3) is 2.68. The van der Waals surface area contributed by atoms with E-state index in [0.29, 0.717) is 19.6 Å². The third-order valence-electron chi connectivity index (χ3n) is 3.50. The molecule has 0 radical (unpaired) electrons. The van der Waals surface area contributed by atoms with E-state index in [2.05, 4.69) is 5.32 Å². The zero-order valence-corrected chi connectivity index (χ0v) is 12.3. The highest BCUT2D eigenvalue weighted by Crippen LogP contribution is 2.29. The van der Waals surface area contributed by atoms with Crippen LogP contribution in [0.3, 0.4) is 0 Å². The Bertz CT molecular complexity index is 328. The number of esters is 1. The van der Waals surface area contributed by atoms with Crippen LogP contribution in [0, 0.1) is 0 Å². The van der Waals surface area contributed by atoms with E-state index in [1.807, 2.05) is 4.57 Å². The summed E-state index contributed by atoms with van der Waals surface area (Å²) in [4.78, 5) is 12.1. The first-order chi connectivity index (χ1) is 9.18. The highest BCUT2D eigenvalue weighted by molar-refractivity contribution is 6.58. The number of carbonyl (C=O) groups excluding carboxylic acids is 1. The number of nitrogens with zero attached hydrogens (tertiary/aromatic N) is 1. The second-order valence-corrected chi connectivity index (χ2v) is 7.16. The lowest BCUT2D eigenvalue weighted by atomic mass is 10.1. The minimum Gasteiger partial charge on any atom is -0.438 e. The average Bonchev–Trinajstić information content (AvgIpc) is 2.80. The van der Waals surface area contributed by atoms with Crippen LogP contribution in [-0.2, 0) is 22.8 Å². The van der Waals surface area contributed by atoms with E-state index in [4.69, 9.17) is 23.7 Å². The van der Waals surface area contributed by atoms with Crippen LogP contribution in [0.1, 0.15) is 6.42 Å². The van der Waals surface area contributed by atoms with Crippen molar-refractivity contribution in [2.75, 3.05) is 40.6 Å². The van der Waals surface area contributed by atoms with Crippen LogP contribution < -0.4 is 11.1 Å². The molecule has 110 valence electrons. The highest BCUT2D eigenvalue weighted by Gasteiger charge is 2.59. The summed E-state index contributed by atoms with van der Waals surface area (Å²) in [7, 11) is 0.0444. The zero-order valence-electron chi connectivity index (χ0n) is 11.3. The van der Waals surface area contributed by atoms with Crippen LogP contribution >= 0.6 is 0 Å². The SMILES string of the molecule is CO[Si]1(OC)OCOC(=O)C2C(NCCN)CCN21. The van der Waals surface area contributed by atoms with E-state index in [0.717, 1.165) is 6.42 Å². The van der Waals surface area contributed by atoms with E-state index in [1.54, 1.807) is 0 Å². The van der Waals surface area contributed by atoms with E-state index in [-0.39, 0.29) is 18.8 Å². The van der Waals surface area contributed by atoms with Crippen LogP contribution in [0.4, 0.5) is 0 Å². The Morgan fingerprint density at radius 2 is 2.26 bits per heavy atom. The van der Waals surface area contributed by atoms with Crippen LogP contribution in [0.25, 0.3) is 0 Å². The van der Waals surface area contributed by atoms with Gasteiger partial charge in [-0.15, -0.1) is 0 Å². The van der Waals surface area contributed by atoms with Gasteiger partial charge < -0.3 is 29.1 Å². The van der Waals surface area contributed by atoms with Crippen LogP contribution in [0.2, 0.25) is 0 Å². The Kier molecular flexibility index (Phi) is 4.90. The van der Waals surface area contributed by atoms with Crippen molar-refractivity contribution in [2.45, 2.75) is 18.5 Å². The minimum absolute atomic E-state index is 0.0186. The molecule has 19 heavy (non-hydrogen) atoms. The summed E-state index contributed by atoms with van der Waals surface area (Å²) in [5.74, 6) is -0.310. The predicted molar refractivity (Wildman–Crippen MR) is 67.8 cm³/mol. The average molecular weight is 291 g/mol. The molecule has 0 aromatic heterocycles. The molecule has 2 heterocycles. The summed E-state index contributed by atoms with van der Waals surface area (Å²) in [5.41, 5.74) is 5.49. The number of cyclic esters (lactones) is 1. The van der Waals surface area contributed by atoms with E-state index < -0.39 is 15.0 Å². The first-order valence-electron chi connectivity index (χ1n) is 6.29. The lowest BCUT2D eigenvalue weighted by molar-refractivity contribution is -0.152. The second kappa shape index (κ2) is 6.26. The fourth-order valence-electron chi connectivity index (χ4n) is 2.64. The normalized spacial score (nSPS) is 30.8. The highest BCUT2D eigenvalue weighted by atomic mass is 28.4. The van der Waals surface area contributed by atoms with Gasteiger partial charge in [0.2, 0.25) is 0 Å². The third-order valence-corrected chi connectivity index (χ3v) is 6.22. The van der Waals surface area contributed by atoms with Gasteiger partial charge in [-0.2, -0.15) is 0 Å². The Morgan fingerprint density at radius 1 is 1.53 bits per heavy atom. The van der Waals surface area contributed by atoms with Crippen molar-refractivity contribution in [3.63, 3.8) is 0 Å². The van der Waals surface area contributed by atoms with Gasteiger partial charge in [-0.25, -0.2) is 4.57 Å². The quantitative estimate of drug-likeness (QED) is 0.454. The molecule has 0 aromatic carbocycles. The number of hydrogen-bond acceptors (Lipinski definition) is 8. The largest absolute Gasteiger partial charge is 0.602 e. The van der Waals surface area contributed by atoms with Gasteiger partial charge in [0.15, 0.2) is 6.79 Å². The summed E-state index contributed by atoms with van der Waals surface area (Å²) < 4.78 is 23.4. The molecule has 2 fully saturated rings. The summed E-state index contributed by atoms with van der Waals surface area (Å²) >= 11 is 0. The summed E-state index contributed by atoms with van der Waals surface area (Å²) in [5, 5.41) is 3.26. The summed E-state index contributed by atoms with van der Waals surface area (Å²) in [6, 6.07) is -0.462. The van der Waals surface area contributed by atoms with E-state index in [9.17, 15) is 4.79 Å². The van der Waals surface area contributed by atoms with Gasteiger partial charge in [-0.1, -0.05) is 0 Å². The summed E-state index contributed by atoms with van der Waals surface area (Å²) in [6.07, 6.45) is 0.796. The van der Waals surface area contributed by atoms with Gasteiger partial charge in [0.1, 0.15) is 6.04 Å². The number of nitrogens with two attached hydrogens (primary N) is 1. The predicted octanol–water partition coefficient (Wildman–Crippen LogP) is -1.76. The lowest BCUT2D eigenvalue weighted by Crippen LogP contribution is -2.63. The molecule has 9 heteroatoms. The van der Waals surface area contributed by atoms with Gasteiger partial charge in [-0.3, -0.25) is 4.79 Å². The first-order valence-corrected chi connectivity index (χ1v) is 7.97. The number of carbonyl (C=O) groups is 1. The topological polar surface area (TPSA) is 95.3 Å². The maximum absolute atomic E-state index is 12.1. The van der Waals surface area contributed by atoms with Gasteiger partial charge in [0.05, 0.1) is 0 Å². The minimum atomic E-state index is -3.02. The van der Waals surface area contributed by atoms with E-state index >= 15 is 0 Å². The van der Waals surface area contributed by atoms with Crippen molar-refractivity contribution in [1.29, 1.82) is 0 Å².